The van der Waals surface area contributed by atoms with E-state index in [0.29, 0.717) is 6.61 Å². The first-order valence-corrected chi connectivity index (χ1v) is 7.83. The Morgan fingerprint density at radius 3 is 2.05 bits per heavy atom. The van der Waals surface area contributed by atoms with Gasteiger partial charge in [-0.1, -0.05) is 13.8 Å². The molecule has 19 heavy (non-hydrogen) atoms. The van der Waals surface area contributed by atoms with Crippen molar-refractivity contribution in [3.8, 4) is 11.5 Å². The van der Waals surface area contributed by atoms with Gasteiger partial charge in [-0.15, -0.1) is 0 Å². The van der Waals surface area contributed by atoms with Crippen LogP contribution in [0.4, 0.5) is 0 Å². The zero-order chi connectivity index (χ0) is 14.1. The van der Waals surface area contributed by atoms with Crippen LogP contribution in [0.2, 0.25) is 0 Å². The van der Waals surface area contributed by atoms with E-state index in [1.54, 1.807) is 11.8 Å². The summed E-state index contributed by atoms with van der Waals surface area (Å²) in [6, 6.07) is 7.70. The predicted molar refractivity (Wildman–Crippen MR) is 81.3 cm³/mol. The molecule has 0 bridgehead atoms. The van der Waals surface area contributed by atoms with E-state index in [2.05, 4.69) is 6.92 Å². The van der Waals surface area contributed by atoms with Gasteiger partial charge in [-0.25, -0.2) is 0 Å². The standard InChI is InChI=1S/C15H24O3S/c1-4-9-17-14-5-7-15(8-6-14)18-10-11-19-13(3)12(2)16/h5-8,12-13,16H,4,9-11H2,1-3H3. The molecule has 0 heterocycles. The van der Waals surface area contributed by atoms with E-state index < -0.39 is 0 Å². The Kier molecular flexibility index (Phi) is 7.75. The monoisotopic (exact) mass is 284 g/mol. The summed E-state index contributed by atoms with van der Waals surface area (Å²) in [4.78, 5) is 0. The lowest BCUT2D eigenvalue weighted by Gasteiger charge is -2.14. The van der Waals surface area contributed by atoms with Crippen LogP contribution in [0.5, 0.6) is 11.5 Å². The molecular weight excluding hydrogens is 260 g/mol. The number of hydrogen-bond donors (Lipinski definition) is 1. The van der Waals surface area contributed by atoms with Crippen LogP contribution in [-0.4, -0.2) is 35.4 Å². The topological polar surface area (TPSA) is 38.7 Å². The molecule has 0 amide bonds. The number of benzene rings is 1. The number of rotatable bonds is 9. The molecule has 2 atom stereocenters. The first-order chi connectivity index (χ1) is 9.13. The minimum Gasteiger partial charge on any atom is -0.494 e. The third-order valence-corrected chi connectivity index (χ3v) is 4.03. The summed E-state index contributed by atoms with van der Waals surface area (Å²) < 4.78 is 11.1. The zero-order valence-corrected chi connectivity index (χ0v) is 12.8. The summed E-state index contributed by atoms with van der Waals surface area (Å²) >= 11 is 1.72. The van der Waals surface area contributed by atoms with Crippen LogP contribution in [0, 0.1) is 0 Å². The Hall–Kier alpha value is -0.870. The lowest BCUT2D eigenvalue weighted by atomic mass is 10.3. The highest BCUT2D eigenvalue weighted by Crippen LogP contribution is 2.19. The fourth-order valence-corrected chi connectivity index (χ4v) is 2.21. The Bertz CT molecular complexity index is 338. The minimum atomic E-state index is -0.278. The van der Waals surface area contributed by atoms with Crippen molar-refractivity contribution in [1.82, 2.24) is 0 Å². The van der Waals surface area contributed by atoms with Crippen LogP contribution in [0.25, 0.3) is 0 Å². The smallest absolute Gasteiger partial charge is 0.119 e. The van der Waals surface area contributed by atoms with E-state index in [4.69, 9.17) is 9.47 Å². The quantitative estimate of drug-likeness (QED) is 0.706. The molecule has 1 aromatic rings. The fraction of sp³-hybridized carbons (Fsp3) is 0.600. The molecule has 0 radical (unpaired) electrons. The molecule has 4 heteroatoms. The number of aliphatic hydroxyl groups is 1. The maximum atomic E-state index is 9.36. The minimum absolute atomic E-state index is 0.244. The maximum absolute atomic E-state index is 9.36. The molecule has 2 unspecified atom stereocenters. The Morgan fingerprint density at radius 1 is 1.05 bits per heavy atom. The van der Waals surface area contributed by atoms with Gasteiger partial charge in [0.15, 0.2) is 0 Å². The second kappa shape index (κ2) is 9.10. The largest absolute Gasteiger partial charge is 0.494 e. The molecule has 1 aromatic carbocycles. The van der Waals surface area contributed by atoms with Gasteiger partial charge in [0.2, 0.25) is 0 Å². The van der Waals surface area contributed by atoms with Gasteiger partial charge in [0.25, 0.3) is 0 Å². The van der Waals surface area contributed by atoms with Crippen LogP contribution < -0.4 is 9.47 Å². The summed E-state index contributed by atoms with van der Waals surface area (Å²) in [6.45, 7) is 7.32. The zero-order valence-electron chi connectivity index (χ0n) is 12.0. The lowest BCUT2D eigenvalue weighted by molar-refractivity contribution is 0.196. The highest BCUT2D eigenvalue weighted by Gasteiger charge is 2.08. The Labute approximate surface area is 120 Å². The highest BCUT2D eigenvalue weighted by atomic mass is 32.2. The van der Waals surface area contributed by atoms with Crippen molar-refractivity contribution < 1.29 is 14.6 Å². The molecule has 0 aromatic heterocycles. The summed E-state index contributed by atoms with van der Waals surface area (Å²) in [5.74, 6) is 2.61. The van der Waals surface area contributed by atoms with E-state index in [1.807, 2.05) is 38.1 Å². The van der Waals surface area contributed by atoms with E-state index in [0.717, 1.165) is 30.3 Å². The van der Waals surface area contributed by atoms with Gasteiger partial charge < -0.3 is 14.6 Å². The number of hydrogen-bond acceptors (Lipinski definition) is 4. The first kappa shape index (κ1) is 16.2. The van der Waals surface area contributed by atoms with Crippen LogP contribution in [0.15, 0.2) is 24.3 Å². The lowest BCUT2D eigenvalue weighted by Crippen LogP contribution is -2.17. The van der Waals surface area contributed by atoms with Gasteiger partial charge in [-0.2, -0.15) is 11.8 Å². The van der Waals surface area contributed by atoms with Crippen LogP contribution in [-0.2, 0) is 0 Å². The van der Waals surface area contributed by atoms with Crippen molar-refractivity contribution in [3.63, 3.8) is 0 Å². The summed E-state index contributed by atoms with van der Waals surface area (Å²) in [5.41, 5.74) is 0. The summed E-state index contributed by atoms with van der Waals surface area (Å²) in [6.07, 6.45) is 0.733. The molecule has 3 nitrogen and oxygen atoms in total. The summed E-state index contributed by atoms with van der Waals surface area (Å²) in [5, 5.41) is 9.61. The highest BCUT2D eigenvalue weighted by molar-refractivity contribution is 7.99. The van der Waals surface area contributed by atoms with E-state index >= 15 is 0 Å². The second-order valence-corrected chi connectivity index (χ2v) is 5.97. The molecule has 108 valence electrons. The van der Waals surface area contributed by atoms with Gasteiger partial charge in [0.05, 0.1) is 19.3 Å². The van der Waals surface area contributed by atoms with E-state index in [1.165, 1.54) is 0 Å². The molecule has 0 saturated heterocycles. The van der Waals surface area contributed by atoms with Crippen molar-refractivity contribution in [2.24, 2.45) is 0 Å². The van der Waals surface area contributed by atoms with E-state index in [9.17, 15) is 5.11 Å². The predicted octanol–water partition coefficient (Wildman–Crippen LogP) is 3.36. The first-order valence-electron chi connectivity index (χ1n) is 6.78. The molecular formula is C15H24O3S. The number of thioether (sulfide) groups is 1. The molecule has 1 rings (SSSR count). The fourth-order valence-electron chi connectivity index (χ4n) is 1.38. The summed E-state index contributed by atoms with van der Waals surface area (Å²) in [7, 11) is 0. The molecule has 0 aliphatic carbocycles. The average Bonchev–Trinajstić information content (AvgIpc) is 2.42. The molecule has 0 saturated carbocycles. The second-order valence-electron chi connectivity index (χ2n) is 4.48. The van der Waals surface area contributed by atoms with Crippen molar-refractivity contribution in [2.75, 3.05) is 19.0 Å². The maximum Gasteiger partial charge on any atom is 0.119 e. The third kappa shape index (κ3) is 6.73. The Balaban J connectivity index is 2.22. The third-order valence-electron chi connectivity index (χ3n) is 2.71. The molecule has 0 aliphatic heterocycles. The van der Waals surface area contributed by atoms with Crippen molar-refractivity contribution >= 4 is 11.8 Å². The van der Waals surface area contributed by atoms with Gasteiger partial charge in [-0.3, -0.25) is 0 Å². The van der Waals surface area contributed by atoms with Crippen LogP contribution in [0.1, 0.15) is 27.2 Å². The van der Waals surface area contributed by atoms with Crippen LogP contribution in [0.3, 0.4) is 0 Å². The van der Waals surface area contributed by atoms with Crippen molar-refractivity contribution in [2.45, 2.75) is 38.5 Å². The van der Waals surface area contributed by atoms with Gasteiger partial charge in [-0.05, 0) is 37.6 Å². The average molecular weight is 284 g/mol. The normalized spacial score (nSPS) is 13.9. The van der Waals surface area contributed by atoms with Gasteiger partial charge in [0.1, 0.15) is 11.5 Å². The molecule has 0 fully saturated rings. The SMILES string of the molecule is CCCOc1ccc(OCCSC(C)C(C)O)cc1. The Morgan fingerprint density at radius 2 is 1.58 bits per heavy atom. The van der Waals surface area contributed by atoms with Crippen molar-refractivity contribution in [1.29, 1.82) is 0 Å². The van der Waals surface area contributed by atoms with Gasteiger partial charge >= 0.3 is 0 Å². The number of ether oxygens (including phenoxy) is 2. The molecule has 0 spiro atoms. The van der Waals surface area contributed by atoms with Gasteiger partial charge in [0, 0.05) is 11.0 Å². The molecule has 1 N–H and O–H groups in total. The van der Waals surface area contributed by atoms with Crippen LogP contribution >= 0.6 is 11.8 Å². The number of aliphatic hydroxyl groups excluding tert-OH is 1. The van der Waals surface area contributed by atoms with E-state index in [-0.39, 0.29) is 11.4 Å². The molecule has 0 aliphatic rings. The van der Waals surface area contributed by atoms with Crippen molar-refractivity contribution in [3.05, 3.63) is 24.3 Å².